The summed E-state index contributed by atoms with van der Waals surface area (Å²) in [5, 5.41) is 31.6. The van der Waals surface area contributed by atoms with Gasteiger partial charge in [-0.1, -0.05) is 13.3 Å². The number of nitro groups is 1. The lowest BCUT2D eigenvalue weighted by molar-refractivity contribution is -0.384. The van der Waals surface area contributed by atoms with Crippen molar-refractivity contribution in [3.05, 3.63) is 27.9 Å². The van der Waals surface area contributed by atoms with Crippen LogP contribution in [0.1, 0.15) is 31.7 Å². The molecule has 0 aliphatic rings. The maximum Gasteiger partial charge on any atom is 0.312 e. The minimum absolute atomic E-state index is 0.0925. The molecule has 1 rings (SSSR count). The molecule has 20 heavy (non-hydrogen) atoms. The maximum absolute atomic E-state index is 11.0. The van der Waals surface area contributed by atoms with Crippen molar-refractivity contribution in [2.75, 3.05) is 18.5 Å². The summed E-state index contributed by atoms with van der Waals surface area (Å²) in [6, 6.07) is 3.03. The first-order chi connectivity index (χ1) is 9.62. The number of nitrogens with zero attached hydrogens (tertiary/aromatic N) is 3. The number of nitrogens with one attached hydrogen (secondary N) is 1. The largest absolute Gasteiger partial charge is 0.396 e. The second-order valence-corrected chi connectivity index (χ2v) is 4.51. The molecule has 108 valence electrons. The minimum atomic E-state index is -0.558. The molecule has 0 saturated heterocycles. The van der Waals surface area contributed by atoms with E-state index < -0.39 is 4.92 Å². The zero-order valence-electron chi connectivity index (χ0n) is 11.4. The van der Waals surface area contributed by atoms with Crippen LogP contribution in [0.5, 0.6) is 0 Å². The van der Waals surface area contributed by atoms with Crippen LogP contribution in [0.15, 0.2) is 12.3 Å². The van der Waals surface area contributed by atoms with Crippen molar-refractivity contribution in [1.29, 1.82) is 5.26 Å². The highest BCUT2D eigenvalue weighted by molar-refractivity contribution is 5.58. The van der Waals surface area contributed by atoms with Crippen LogP contribution in [0.4, 0.5) is 11.5 Å². The highest BCUT2D eigenvalue weighted by atomic mass is 16.6. The average molecular weight is 278 g/mol. The summed E-state index contributed by atoms with van der Waals surface area (Å²) in [5.74, 6) is 0.398. The summed E-state index contributed by atoms with van der Waals surface area (Å²) >= 11 is 0. The zero-order valence-corrected chi connectivity index (χ0v) is 11.4. The van der Waals surface area contributed by atoms with E-state index in [-0.39, 0.29) is 29.6 Å². The van der Waals surface area contributed by atoms with E-state index >= 15 is 0 Å². The molecular formula is C13H18N4O3. The molecule has 0 fully saturated rings. The van der Waals surface area contributed by atoms with E-state index in [1.165, 1.54) is 12.3 Å². The summed E-state index contributed by atoms with van der Waals surface area (Å²) in [7, 11) is 0. The maximum atomic E-state index is 11.0. The van der Waals surface area contributed by atoms with Gasteiger partial charge in [-0.2, -0.15) is 5.26 Å². The predicted molar refractivity (Wildman–Crippen MR) is 74.2 cm³/mol. The van der Waals surface area contributed by atoms with Crippen molar-refractivity contribution >= 4 is 11.5 Å². The molecule has 0 aliphatic heterocycles. The highest BCUT2D eigenvalue weighted by Gasteiger charge is 2.17. The summed E-state index contributed by atoms with van der Waals surface area (Å²) in [6.45, 7) is 2.65. The molecule has 1 unspecified atom stereocenters. The molecule has 1 aromatic rings. The van der Waals surface area contributed by atoms with E-state index in [2.05, 4.69) is 10.3 Å². The van der Waals surface area contributed by atoms with Crippen LogP contribution in [0.2, 0.25) is 0 Å². The summed E-state index contributed by atoms with van der Waals surface area (Å²) < 4.78 is 0. The van der Waals surface area contributed by atoms with Crippen molar-refractivity contribution in [3.8, 4) is 6.07 Å². The number of aromatic nitrogens is 1. The molecule has 2 N–H and O–H groups in total. The fraction of sp³-hybridized carbons (Fsp3) is 0.538. The Hall–Kier alpha value is -2.20. The van der Waals surface area contributed by atoms with E-state index in [4.69, 9.17) is 10.4 Å². The molecule has 0 saturated carbocycles. The number of hydrogen-bond donors (Lipinski definition) is 2. The monoisotopic (exact) mass is 278 g/mol. The average Bonchev–Trinajstić information content (AvgIpc) is 2.45. The molecule has 0 aromatic carbocycles. The van der Waals surface area contributed by atoms with Gasteiger partial charge in [0.25, 0.3) is 0 Å². The van der Waals surface area contributed by atoms with E-state index in [9.17, 15) is 10.1 Å². The first-order valence-electron chi connectivity index (χ1n) is 6.51. The van der Waals surface area contributed by atoms with E-state index in [1.807, 2.05) is 13.0 Å². The molecule has 7 nitrogen and oxygen atoms in total. The molecule has 0 radical (unpaired) electrons. The van der Waals surface area contributed by atoms with Gasteiger partial charge in [0.1, 0.15) is 6.07 Å². The SMILES string of the molecule is CCCC(CCO)CNc1ncc(C#N)cc1[N+](=O)[O-]. The Morgan fingerprint density at radius 3 is 2.90 bits per heavy atom. The third kappa shape index (κ3) is 4.48. The fourth-order valence-corrected chi connectivity index (χ4v) is 1.97. The smallest absolute Gasteiger partial charge is 0.312 e. The standard InChI is InChI=1S/C13H18N4O3/c1-2-3-10(4-5-18)8-15-13-12(17(19)20)6-11(7-14)9-16-13/h6,9-10,18H,2-5,8H2,1H3,(H,15,16). The second-order valence-electron chi connectivity index (χ2n) is 4.51. The van der Waals surface area contributed by atoms with Crippen LogP contribution >= 0.6 is 0 Å². The predicted octanol–water partition coefficient (Wildman–Crippen LogP) is 2.07. The lowest BCUT2D eigenvalue weighted by Gasteiger charge is -2.15. The van der Waals surface area contributed by atoms with Crippen molar-refractivity contribution in [3.63, 3.8) is 0 Å². The first-order valence-corrected chi connectivity index (χ1v) is 6.51. The Kier molecular flexibility index (Phi) is 6.40. The molecule has 7 heteroatoms. The van der Waals surface area contributed by atoms with Crippen LogP contribution in [-0.2, 0) is 0 Å². The van der Waals surface area contributed by atoms with Crippen molar-refractivity contribution < 1.29 is 10.0 Å². The van der Waals surface area contributed by atoms with Gasteiger partial charge >= 0.3 is 5.69 Å². The Bertz CT molecular complexity index is 493. The van der Waals surface area contributed by atoms with Gasteiger partial charge in [0, 0.05) is 25.4 Å². The number of rotatable bonds is 8. The van der Waals surface area contributed by atoms with E-state index in [0.29, 0.717) is 13.0 Å². The molecule has 0 spiro atoms. The zero-order chi connectivity index (χ0) is 15.0. The summed E-state index contributed by atoms with van der Waals surface area (Å²) in [5.41, 5.74) is -0.0500. The Morgan fingerprint density at radius 1 is 1.60 bits per heavy atom. The van der Waals surface area contributed by atoms with Gasteiger partial charge in [-0.15, -0.1) is 0 Å². The van der Waals surface area contributed by atoms with Crippen molar-refractivity contribution in [2.24, 2.45) is 5.92 Å². The quantitative estimate of drug-likeness (QED) is 0.556. The molecular weight excluding hydrogens is 260 g/mol. The lowest BCUT2D eigenvalue weighted by Crippen LogP contribution is -2.17. The molecule has 1 heterocycles. The number of anilines is 1. The Balaban J connectivity index is 2.81. The summed E-state index contributed by atoms with van der Waals surface area (Å²) in [6.07, 6.45) is 3.86. The molecule has 1 atom stereocenters. The van der Waals surface area contributed by atoms with Crippen LogP contribution in [0.25, 0.3) is 0 Å². The molecule has 0 amide bonds. The number of nitriles is 1. The number of pyridine rings is 1. The van der Waals surface area contributed by atoms with Crippen LogP contribution in [0, 0.1) is 27.4 Å². The normalized spacial score (nSPS) is 11.7. The van der Waals surface area contributed by atoms with Gasteiger partial charge in [0.2, 0.25) is 5.82 Å². The topological polar surface area (TPSA) is 112 Å². The van der Waals surface area contributed by atoms with Crippen molar-refractivity contribution in [2.45, 2.75) is 26.2 Å². The van der Waals surface area contributed by atoms with Gasteiger partial charge in [-0.05, 0) is 18.8 Å². The van der Waals surface area contributed by atoms with Crippen LogP contribution < -0.4 is 5.32 Å². The van der Waals surface area contributed by atoms with Crippen LogP contribution in [-0.4, -0.2) is 28.2 Å². The fourth-order valence-electron chi connectivity index (χ4n) is 1.97. The first kappa shape index (κ1) is 15.9. The summed E-state index contributed by atoms with van der Waals surface area (Å²) in [4.78, 5) is 14.3. The van der Waals surface area contributed by atoms with Crippen molar-refractivity contribution in [1.82, 2.24) is 4.98 Å². The molecule has 1 aromatic heterocycles. The molecule has 0 bridgehead atoms. The number of hydrogen-bond acceptors (Lipinski definition) is 6. The number of aliphatic hydroxyl groups is 1. The van der Waals surface area contributed by atoms with Gasteiger partial charge in [-0.25, -0.2) is 4.98 Å². The third-order valence-corrected chi connectivity index (χ3v) is 2.99. The number of aliphatic hydroxyl groups excluding tert-OH is 1. The Labute approximate surface area is 117 Å². The second kappa shape index (κ2) is 8.07. The van der Waals surface area contributed by atoms with Gasteiger partial charge in [-0.3, -0.25) is 10.1 Å². The van der Waals surface area contributed by atoms with E-state index in [0.717, 1.165) is 12.8 Å². The molecule has 0 aliphatic carbocycles. The highest BCUT2D eigenvalue weighted by Crippen LogP contribution is 2.23. The van der Waals surface area contributed by atoms with Gasteiger partial charge in [0.15, 0.2) is 0 Å². The lowest BCUT2D eigenvalue weighted by atomic mass is 10.0. The van der Waals surface area contributed by atoms with E-state index in [1.54, 1.807) is 0 Å². The van der Waals surface area contributed by atoms with Gasteiger partial charge in [0.05, 0.1) is 10.5 Å². The Morgan fingerprint density at radius 2 is 2.35 bits per heavy atom. The van der Waals surface area contributed by atoms with Gasteiger partial charge < -0.3 is 10.4 Å². The van der Waals surface area contributed by atoms with Crippen LogP contribution in [0.3, 0.4) is 0 Å². The third-order valence-electron chi connectivity index (χ3n) is 2.99. The minimum Gasteiger partial charge on any atom is -0.396 e.